The van der Waals surface area contributed by atoms with Gasteiger partial charge in [-0.2, -0.15) is 5.10 Å². The zero-order valence-corrected chi connectivity index (χ0v) is 13.3. The molecule has 2 heterocycles. The minimum absolute atomic E-state index is 0.0217. The molecule has 0 bridgehead atoms. The summed E-state index contributed by atoms with van der Waals surface area (Å²) in [5.41, 5.74) is 3.39. The van der Waals surface area contributed by atoms with Crippen LogP contribution in [-0.4, -0.2) is 28.2 Å². The summed E-state index contributed by atoms with van der Waals surface area (Å²) < 4.78 is 7.25. The number of amides is 2. The van der Waals surface area contributed by atoms with Crippen LogP contribution in [0.3, 0.4) is 0 Å². The Kier molecular flexibility index (Phi) is 3.48. The zero-order valence-electron chi connectivity index (χ0n) is 13.3. The Morgan fingerprint density at radius 3 is 3.21 bits per heavy atom. The van der Waals surface area contributed by atoms with E-state index in [4.69, 9.17) is 4.74 Å². The molecular formula is C17H18N4O3. The topological polar surface area (TPSA) is 85.2 Å². The first-order valence-electron chi connectivity index (χ1n) is 8.00. The van der Waals surface area contributed by atoms with Crippen LogP contribution >= 0.6 is 0 Å². The number of rotatable bonds is 2. The number of carbonyl (C=O) groups is 2. The summed E-state index contributed by atoms with van der Waals surface area (Å²) >= 11 is 0. The van der Waals surface area contributed by atoms with Crippen LogP contribution in [0.25, 0.3) is 0 Å². The first-order chi connectivity index (χ1) is 11.6. The van der Waals surface area contributed by atoms with Gasteiger partial charge in [0.05, 0.1) is 17.9 Å². The summed E-state index contributed by atoms with van der Waals surface area (Å²) in [6, 6.07) is 5.02. The van der Waals surface area contributed by atoms with Crippen LogP contribution in [0, 0.1) is 0 Å². The normalized spacial score (nSPS) is 18.9. The molecule has 2 aliphatic rings. The highest BCUT2D eigenvalue weighted by molar-refractivity contribution is 5.99. The third kappa shape index (κ3) is 2.51. The fourth-order valence-corrected chi connectivity index (χ4v) is 3.31. The van der Waals surface area contributed by atoms with Crippen LogP contribution in [0.1, 0.15) is 40.5 Å². The molecule has 1 aromatic heterocycles. The molecule has 0 unspecified atom stereocenters. The van der Waals surface area contributed by atoms with Gasteiger partial charge in [0.1, 0.15) is 5.75 Å². The number of hydrogen-bond donors (Lipinski definition) is 2. The predicted molar refractivity (Wildman–Crippen MR) is 86.9 cm³/mol. The number of benzene rings is 1. The van der Waals surface area contributed by atoms with Crippen molar-refractivity contribution in [1.82, 2.24) is 15.1 Å². The molecular weight excluding hydrogens is 308 g/mol. The van der Waals surface area contributed by atoms with Crippen molar-refractivity contribution in [1.29, 1.82) is 0 Å². The summed E-state index contributed by atoms with van der Waals surface area (Å²) in [6.45, 7) is -0.0280. The van der Waals surface area contributed by atoms with E-state index in [1.165, 1.54) is 5.69 Å². The monoisotopic (exact) mass is 326 g/mol. The van der Waals surface area contributed by atoms with E-state index in [9.17, 15) is 9.59 Å². The fraction of sp³-hybridized carbons (Fsp3) is 0.353. The van der Waals surface area contributed by atoms with Crippen LogP contribution < -0.4 is 15.4 Å². The van der Waals surface area contributed by atoms with E-state index >= 15 is 0 Å². The summed E-state index contributed by atoms with van der Waals surface area (Å²) in [7, 11) is 1.93. The fourth-order valence-electron chi connectivity index (χ4n) is 3.31. The average molecular weight is 326 g/mol. The number of hydrogen-bond acceptors (Lipinski definition) is 4. The predicted octanol–water partition coefficient (Wildman–Crippen LogP) is 1.56. The SMILES string of the molecule is Cn1ncc2c1CCC[C@@H]2NC(=O)c1ccc2c(c1)OCC(=O)N2. The number of aryl methyl sites for hydroxylation is 1. The highest BCUT2D eigenvalue weighted by Gasteiger charge is 2.25. The van der Waals surface area contributed by atoms with Gasteiger partial charge in [-0.3, -0.25) is 14.3 Å². The van der Waals surface area contributed by atoms with E-state index in [0.717, 1.165) is 24.8 Å². The molecule has 2 aromatic rings. The second kappa shape index (κ2) is 5.67. The molecule has 4 rings (SSSR count). The van der Waals surface area contributed by atoms with E-state index in [1.807, 2.05) is 17.9 Å². The lowest BCUT2D eigenvalue weighted by Crippen LogP contribution is -2.31. The summed E-state index contributed by atoms with van der Waals surface area (Å²) in [4.78, 5) is 23.9. The quantitative estimate of drug-likeness (QED) is 0.877. The van der Waals surface area contributed by atoms with Crippen molar-refractivity contribution >= 4 is 17.5 Å². The molecule has 2 N–H and O–H groups in total. The molecule has 7 heteroatoms. The van der Waals surface area contributed by atoms with Crippen molar-refractivity contribution in [2.75, 3.05) is 11.9 Å². The molecule has 124 valence electrons. The highest BCUT2D eigenvalue weighted by Crippen LogP contribution is 2.31. The van der Waals surface area contributed by atoms with Gasteiger partial charge in [-0.25, -0.2) is 0 Å². The number of carbonyl (C=O) groups excluding carboxylic acids is 2. The lowest BCUT2D eigenvalue weighted by Gasteiger charge is -2.24. The number of anilines is 1. The Labute approximate surface area is 139 Å². The maximum Gasteiger partial charge on any atom is 0.262 e. The Hall–Kier alpha value is -2.83. The van der Waals surface area contributed by atoms with Crippen LogP contribution in [-0.2, 0) is 18.3 Å². The number of fused-ring (bicyclic) bond motifs is 2. The Balaban J connectivity index is 1.54. The summed E-state index contributed by atoms with van der Waals surface area (Å²) in [6.07, 6.45) is 4.76. The maximum atomic E-state index is 12.6. The van der Waals surface area contributed by atoms with E-state index in [0.29, 0.717) is 17.0 Å². The third-order valence-electron chi connectivity index (χ3n) is 4.56. The highest BCUT2D eigenvalue weighted by atomic mass is 16.5. The number of ether oxygens (including phenoxy) is 1. The molecule has 7 nitrogen and oxygen atoms in total. The van der Waals surface area contributed by atoms with Gasteiger partial charge in [-0.1, -0.05) is 0 Å². The van der Waals surface area contributed by atoms with Gasteiger partial charge in [0.2, 0.25) is 0 Å². The Morgan fingerprint density at radius 2 is 2.33 bits per heavy atom. The van der Waals surface area contributed by atoms with Crippen molar-refractivity contribution in [3.63, 3.8) is 0 Å². The molecule has 24 heavy (non-hydrogen) atoms. The van der Waals surface area contributed by atoms with Gasteiger partial charge >= 0.3 is 0 Å². The van der Waals surface area contributed by atoms with Crippen molar-refractivity contribution in [3.8, 4) is 5.75 Å². The van der Waals surface area contributed by atoms with Crippen LogP contribution in [0.2, 0.25) is 0 Å². The first-order valence-corrected chi connectivity index (χ1v) is 8.00. The summed E-state index contributed by atoms with van der Waals surface area (Å²) in [5, 5.41) is 10.1. The molecule has 0 fully saturated rings. The second-order valence-electron chi connectivity index (χ2n) is 6.14. The Morgan fingerprint density at radius 1 is 1.46 bits per heavy atom. The van der Waals surface area contributed by atoms with Gasteiger partial charge in [0.25, 0.3) is 11.8 Å². The lowest BCUT2D eigenvalue weighted by atomic mass is 9.92. The van der Waals surface area contributed by atoms with Gasteiger partial charge in [-0.05, 0) is 37.5 Å². The van der Waals surface area contributed by atoms with Gasteiger partial charge in [-0.15, -0.1) is 0 Å². The molecule has 1 aliphatic heterocycles. The van der Waals surface area contributed by atoms with Crippen LogP contribution in [0.4, 0.5) is 5.69 Å². The number of nitrogens with zero attached hydrogens (tertiary/aromatic N) is 2. The Bertz CT molecular complexity index is 827. The number of aromatic nitrogens is 2. The second-order valence-corrected chi connectivity index (χ2v) is 6.14. The smallest absolute Gasteiger partial charge is 0.262 e. The standard InChI is InChI=1S/C17H18N4O3/c1-21-14-4-2-3-12(11(14)8-18-21)20-17(23)10-5-6-13-15(7-10)24-9-16(22)19-13/h5-8,12H,2-4,9H2,1H3,(H,19,22)(H,20,23)/t12-/m0/s1. The molecule has 0 radical (unpaired) electrons. The molecule has 2 amide bonds. The first kappa shape index (κ1) is 14.7. The molecule has 1 aliphatic carbocycles. The summed E-state index contributed by atoms with van der Waals surface area (Å²) in [5.74, 6) is 0.180. The van der Waals surface area contributed by atoms with E-state index in [1.54, 1.807) is 18.2 Å². The number of nitrogens with one attached hydrogen (secondary N) is 2. The van der Waals surface area contributed by atoms with Crippen molar-refractivity contribution < 1.29 is 14.3 Å². The molecule has 0 saturated carbocycles. The van der Waals surface area contributed by atoms with Crippen LogP contribution in [0.5, 0.6) is 5.75 Å². The minimum atomic E-state index is -0.189. The zero-order chi connectivity index (χ0) is 16.7. The molecule has 0 spiro atoms. The van der Waals surface area contributed by atoms with Crippen molar-refractivity contribution in [2.24, 2.45) is 7.05 Å². The lowest BCUT2D eigenvalue weighted by molar-refractivity contribution is -0.118. The maximum absolute atomic E-state index is 12.6. The van der Waals surface area contributed by atoms with E-state index in [-0.39, 0.29) is 24.5 Å². The van der Waals surface area contributed by atoms with Gasteiger partial charge < -0.3 is 15.4 Å². The van der Waals surface area contributed by atoms with E-state index in [2.05, 4.69) is 15.7 Å². The van der Waals surface area contributed by atoms with Crippen molar-refractivity contribution in [2.45, 2.75) is 25.3 Å². The average Bonchev–Trinajstić information content (AvgIpc) is 2.97. The molecule has 1 aromatic carbocycles. The van der Waals surface area contributed by atoms with Crippen molar-refractivity contribution in [3.05, 3.63) is 41.2 Å². The van der Waals surface area contributed by atoms with Gasteiger partial charge in [0.15, 0.2) is 6.61 Å². The van der Waals surface area contributed by atoms with E-state index < -0.39 is 0 Å². The minimum Gasteiger partial charge on any atom is -0.482 e. The largest absolute Gasteiger partial charge is 0.482 e. The molecule has 0 saturated heterocycles. The third-order valence-corrected chi connectivity index (χ3v) is 4.56. The van der Waals surface area contributed by atoms with Gasteiger partial charge in [0, 0.05) is 23.9 Å². The van der Waals surface area contributed by atoms with Crippen LogP contribution in [0.15, 0.2) is 24.4 Å². The molecule has 1 atom stereocenters.